The second kappa shape index (κ2) is 11.4. The van der Waals surface area contributed by atoms with Gasteiger partial charge in [-0.25, -0.2) is 0 Å². The number of allylic oxidation sites excluding steroid dienone is 5. The van der Waals surface area contributed by atoms with Crippen molar-refractivity contribution in [1.82, 2.24) is 0 Å². The van der Waals surface area contributed by atoms with E-state index in [1.807, 2.05) is 13.8 Å². The number of carboxylic acids is 1. The molecular formula is C20H31ClO3. The van der Waals surface area contributed by atoms with Crippen LogP contribution in [0.15, 0.2) is 36.1 Å². The van der Waals surface area contributed by atoms with E-state index >= 15 is 0 Å². The van der Waals surface area contributed by atoms with Crippen molar-refractivity contribution in [2.75, 3.05) is 6.61 Å². The first-order valence-electron chi connectivity index (χ1n) is 8.85. The highest BCUT2D eigenvalue weighted by atomic mass is 35.5. The average molecular weight is 355 g/mol. The number of unbranched alkanes of at least 4 members (excludes halogenated alkanes) is 1. The van der Waals surface area contributed by atoms with Crippen molar-refractivity contribution in [2.24, 2.45) is 11.8 Å². The molecule has 0 saturated heterocycles. The molecule has 1 aliphatic carbocycles. The number of halogens is 1. The van der Waals surface area contributed by atoms with E-state index in [1.54, 1.807) is 0 Å². The zero-order chi connectivity index (χ0) is 17.9. The Morgan fingerprint density at radius 3 is 2.75 bits per heavy atom. The van der Waals surface area contributed by atoms with Crippen LogP contribution in [0.1, 0.15) is 58.8 Å². The number of aliphatic carboxylic acids is 1. The Morgan fingerprint density at radius 2 is 2.08 bits per heavy atom. The molecule has 1 aliphatic rings. The Hall–Kier alpha value is -1.22. The van der Waals surface area contributed by atoms with Crippen LogP contribution in [0.4, 0.5) is 0 Å². The summed E-state index contributed by atoms with van der Waals surface area (Å²) in [6, 6.07) is 0. The maximum absolute atomic E-state index is 10.5. The summed E-state index contributed by atoms with van der Waals surface area (Å²) < 4.78 is 5.90. The maximum Gasteiger partial charge on any atom is 0.303 e. The number of carboxylic acid groups (broad SMARTS) is 1. The summed E-state index contributed by atoms with van der Waals surface area (Å²) in [4.78, 5) is 10.5. The van der Waals surface area contributed by atoms with Gasteiger partial charge in [0.05, 0.1) is 12.4 Å². The summed E-state index contributed by atoms with van der Waals surface area (Å²) >= 11 is 6.48. The van der Waals surface area contributed by atoms with Crippen molar-refractivity contribution in [2.45, 2.75) is 64.2 Å². The molecule has 0 radical (unpaired) electrons. The summed E-state index contributed by atoms with van der Waals surface area (Å²) in [5, 5.41) is 8.83. The van der Waals surface area contributed by atoms with Crippen LogP contribution in [0.3, 0.4) is 0 Å². The number of hydrogen-bond acceptors (Lipinski definition) is 2. The Balaban J connectivity index is 2.36. The van der Waals surface area contributed by atoms with Gasteiger partial charge in [-0.2, -0.15) is 0 Å². The summed E-state index contributed by atoms with van der Waals surface area (Å²) in [5.74, 6) is 1.16. The minimum atomic E-state index is -0.729. The van der Waals surface area contributed by atoms with E-state index in [4.69, 9.17) is 21.4 Å². The molecule has 0 aromatic rings. The van der Waals surface area contributed by atoms with Gasteiger partial charge in [-0.05, 0) is 70.3 Å². The van der Waals surface area contributed by atoms with E-state index in [2.05, 4.69) is 24.8 Å². The molecule has 1 unspecified atom stereocenters. The van der Waals surface area contributed by atoms with Gasteiger partial charge in [0, 0.05) is 11.8 Å². The van der Waals surface area contributed by atoms with Crippen molar-refractivity contribution < 1.29 is 14.6 Å². The molecule has 1 rings (SSSR count). The highest BCUT2D eigenvalue weighted by Gasteiger charge is 2.34. The molecule has 0 bridgehead atoms. The summed E-state index contributed by atoms with van der Waals surface area (Å²) in [7, 11) is 0. The van der Waals surface area contributed by atoms with E-state index in [0.717, 1.165) is 50.0 Å². The van der Waals surface area contributed by atoms with Gasteiger partial charge in [-0.3, -0.25) is 4.79 Å². The highest BCUT2D eigenvalue weighted by Crippen LogP contribution is 2.38. The number of hydrogen-bond donors (Lipinski definition) is 1. The topological polar surface area (TPSA) is 46.5 Å². The molecule has 0 heterocycles. The van der Waals surface area contributed by atoms with Crippen molar-refractivity contribution in [3.63, 3.8) is 0 Å². The number of alkyl halides is 1. The molecule has 0 aromatic carbocycles. The third-order valence-corrected chi connectivity index (χ3v) is 5.02. The average Bonchev–Trinajstić information content (AvgIpc) is 2.86. The van der Waals surface area contributed by atoms with Gasteiger partial charge in [0.2, 0.25) is 0 Å². The Bertz CT molecular complexity index is 468. The fourth-order valence-electron chi connectivity index (χ4n) is 3.00. The molecular weight excluding hydrogens is 324 g/mol. The maximum atomic E-state index is 10.5. The molecule has 3 nitrogen and oxygen atoms in total. The molecule has 0 spiro atoms. The Morgan fingerprint density at radius 1 is 1.33 bits per heavy atom. The standard InChI is InChI=1S/C20H31ClO3/c1-15(2)10-11-16(3)24-14-17-12-13-19(21)18(17)8-6-4-5-7-9-20(22)23/h4,6,11,17-19H,1,5,7-10,12-14H2,2-3H3,(H,22,23)/b6-4-,16-11+/t17-,18-,19?/m1/s1. The third-order valence-electron chi connectivity index (χ3n) is 4.48. The fourth-order valence-corrected chi connectivity index (χ4v) is 3.44. The normalized spacial score (nSPS) is 24.5. The first kappa shape index (κ1) is 20.8. The van der Waals surface area contributed by atoms with Crippen LogP contribution in [-0.2, 0) is 9.53 Å². The van der Waals surface area contributed by atoms with Crippen LogP contribution >= 0.6 is 11.6 Å². The number of rotatable bonds is 11. The molecule has 136 valence electrons. The van der Waals surface area contributed by atoms with Crippen LogP contribution < -0.4 is 0 Å². The first-order valence-corrected chi connectivity index (χ1v) is 9.28. The zero-order valence-electron chi connectivity index (χ0n) is 15.0. The molecule has 1 N–H and O–H groups in total. The molecule has 0 aromatic heterocycles. The zero-order valence-corrected chi connectivity index (χ0v) is 15.7. The van der Waals surface area contributed by atoms with Gasteiger partial charge in [-0.15, -0.1) is 11.6 Å². The van der Waals surface area contributed by atoms with Gasteiger partial charge in [-0.1, -0.05) is 24.3 Å². The minimum Gasteiger partial charge on any atom is -0.498 e. The number of ether oxygens (including phenoxy) is 1. The van der Waals surface area contributed by atoms with Gasteiger partial charge in [0.25, 0.3) is 0 Å². The minimum absolute atomic E-state index is 0.210. The van der Waals surface area contributed by atoms with E-state index in [9.17, 15) is 4.79 Å². The summed E-state index contributed by atoms with van der Waals surface area (Å²) in [5.41, 5.74) is 1.13. The fraction of sp³-hybridized carbons (Fsp3) is 0.650. The summed E-state index contributed by atoms with van der Waals surface area (Å²) in [6.07, 6.45) is 12.0. The van der Waals surface area contributed by atoms with E-state index in [0.29, 0.717) is 18.3 Å². The second-order valence-electron chi connectivity index (χ2n) is 6.80. The van der Waals surface area contributed by atoms with E-state index < -0.39 is 5.97 Å². The Kier molecular flexibility index (Phi) is 9.85. The van der Waals surface area contributed by atoms with Crippen LogP contribution in [0.25, 0.3) is 0 Å². The molecule has 24 heavy (non-hydrogen) atoms. The predicted octanol–water partition coefficient (Wildman–Crippen LogP) is 5.71. The van der Waals surface area contributed by atoms with Crippen molar-refractivity contribution in [3.8, 4) is 0 Å². The largest absolute Gasteiger partial charge is 0.498 e. The lowest BCUT2D eigenvalue weighted by molar-refractivity contribution is -0.137. The van der Waals surface area contributed by atoms with Crippen LogP contribution in [-0.4, -0.2) is 23.1 Å². The lowest BCUT2D eigenvalue weighted by atomic mass is 9.93. The third kappa shape index (κ3) is 8.58. The second-order valence-corrected chi connectivity index (χ2v) is 7.36. The molecule has 4 heteroatoms. The highest BCUT2D eigenvalue weighted by molar-refractivity contribution is 6.21. The first-order chi connectivity index (χ1) is 11.4. The lowest BCUT2D eigenvalue weighted by Crippen LogP contribution is -2.19. The van der Waals surface area contributed by atoms with Gasteiger partial charge >= 0.3 is 5.97 Å². The monoisotopic (exact) mass is 354 g/mol. The quantitative estimate of drug-likeness (QED) is 0.224. The molecule has 1 fully saturated rings. The van der Waals surface area contributed by atoms with Crippen LogP contribution in [0, 0.1) is 11.8 Å². The van der Waals surface area contributed by atoms with Gasteiger partial charge in [0.15, 0.2) is 0 Å². The number of carbonyl (C=O) groups is 1. The van der Waals surface area contributed by atoms with Crippen LogP contribution in [0.5, 0.6) is 0 Å². The smallest absolute Gasteiger partial charge is 0.303 e. The van der Waals surface area contributed by atoms with Crippen molar-refractivity contribution in [1.29, 1.82) is 0 Å². The van der Waals surface area contributed by atoms with Crippen LogP contribution in [0.2, 0.25) is 0 Å². The van der Waals surface area contributed by atoms with Gasteiger partial charge in [0.1, 0.15) is 0 Å². The SMILES string of the molecule is C=C(C)C/C=C(\C)OC[C@H]1CCC(Cl)[C@@H]1C/C=C\CCCC(=O)O. The predicted molar refractivity (Wildman–Crippen MR) is 100 cm³/mol. The van der Waals surface area contributed by atoms with Crippen molar-refractivity contribution >= 4 is 17.6 Å². The molecule has 0 amide bonds. The van der Waals surface area contributed by atoms with Crippen molar-refractivity contribution in [3.05, 3.63) is 36.1 Å². The molecule has 0 aliphatic heterocycles. The molecule has 1 saturated carbocycles. The van der Waals surface area contributed by atoms with E-state index in [-0.39, 0.29) is 11.8 Å². The lowest BCUT2D eigenvalue weighted by Gasteiger charge is -2.21. The van der Waals surface area contributed by atoms with Gasteiger partial charge < -0.3 is 9.84 Å². The Labute approximate surface area is 151 Å². The molecule has 3 atom stereocenters. The summed E-state index contributed by atoms with van der Waals surface area (Å²) in [6.45, 7) is 8.62. The van der Waals surface area contributed by atoms with E-state index in [1.165, 1.54) is 0 Å².